The monoisotopic (exact) mass is 417 g/mol. The number of amides is 1. The molecule has 2 heterocycles. The van der Waals surface area contributed by atoms with Gasteiger partial charge in [0.25, 0.3) is 0 Å². The van der Waals surface area contributed by atoms with Gasteiger partial charge in [0.2, 0.25) is 5.91 Å². The van der Waals surface area contributed by atoms with E-state index >= 15 is 0 Å². The molecule has 1 N–H and O–H groups in total. The Morgan fingerprint density at radius 2 is 1.90 bits per heavy atom. The van der Waals surface area contributed by atoms with Crippen LogP contribution in [0.4, 0.5) is 0 Å². The largest absolute Gasteiger partial charge is 0.489 e. The number of nitrogens with one attached hydrogen (secondary N) is 1. The Bertz CT molecular complexity index is 1190. The molecule has 0 aliphatic heterocycles. The van der Waals surface area contributed by atoms with Crippen LogP contribution in [0.1, 0.15) is 16.8 Å². The van der Waals surface area contributed by atoms with Gasteiger partial charge in [-0.1, -0.05) is 60.1 Å². The van der Waals surface area contributed by atoms with Crippen LogP contribution in [0.2, 0.25) is 5.15 Å². The van der Waals surface area contributed by atoms with Gasteiger partial charge in [-0.15, -0.1) is 0 Å². The van der Waals surface area contributed by atoms with Crippen LogP contribution < -0.4 is 10.1 Å². The fraction of sp³-hybridized carbons (Fsp3) is 0.0833. The summed E-state index contributed by atoms with van der Waals surface area (Å²) in [7, 11) is 0. The normalized spacial score (nSPS) is 11.1. The van der Waals surface area contributed by atoms with Gasteiger partial charge in [0, 0.05) is 12.3 Å². The zero-order valence-electron chi connectivity index (χ0n) is 16.2. The van der Waals surface area contributed by atoms with Crippen molar-refractivity contribution in [2.24, 2.45) is 0 Å². The lowest BCUT2D eigenvalue weighted by molar-refractivity contribution is -0.116. The molecule has 0 radical (unpaired) electrons. The Morgan fingerprint density at radius 1 is 1.07 bits per heavy atom. The smallest absolute Gasteiger partial charge is 0.244 e. The first-order chi connectivity index (χ1) is 14.7. The molecule has 0 saturated carbocycles. The zero-order valence-corrected chi connectivity index (χ0v) is 16.9. The van der Waals surface area contributed by atoms with Gasteiger partial charge in [0.1, 0.15) is 23.2 Å². The minimum absolute atomic E-state index is 0.200. The van der Waals surface area contributed by atoms with Crippen molar-refractivity contribution in [1.82, 2.24) is 14.7 Å². The summed E-state index contributed by atoms with van der Waals surface area (Å²) in [6.45, 7) is 0.818. The fourth-order valence-electron chi connectivity index (χ4n) is 2.97. The molecule has 2 aromatic carbocycles. The van der Waals surface area contributed by atoms with E-state index < -0.39 is 0 Å². The van der Waals surface area contributed by atoms with Crippen molar-refractivity contribution in [2.45, 2.75) is 13.2 Å². The Labute approximate surface area is 179 Å². The standard InChI is InChI=1S/C24H20ClN3O2/c25-22-10-5-11-23-27-20(16-28(22)23)15-26-24(29)13-12-18-8-4-9-21(14-18)30-17-19-6-2-1-3-7-19/h1-14,16H,15,17H2,(H,26,29)/b13-12+. The van der Waals surface area contributed by atoms with Crippen LogP contribution in [0.5, 0.6) is 5.75 Å². The topological polar surface area (TPSA) is 55.6 Å². The number of halogens is 1. The number of ether oxygens (including phenoxy) is 1. The summed E-state index contributed by atoms with van der Waals surface area (Å²) in [4.78, 5) is 16.6. The summed E-state index contributed by atoms with van der Waals surface area (Å²) in [5.74, 6) is 0.553. The SMILES string of the molecule is O=C(/C=C/c1cccc(OCc2ccccc2)c1)NCc1cn2c(Cl)cccc2n1. The summed E-state index contributed by atoms with van der Waals surface area (Å²) < 4.78 is 7.61. The van der Waals surface area contributed by atoms with Gasteiger partial charge in [0.05, 0.1) is 12.2 Å². The van der Waals surface area contributed by atoms with Crippen LogP contribution in [0.25, 0.3) is 11.7 Å². The van der Waals surface area contributed by atoms with Crippen molar-refractivity contribution >= 4 is 29.2 Å². The lowest BCUT2D eigenvalue weighted by atomic mass is 10.2. The number of pyridine rings is 1. The number of aromatic nitrogens is 2. The number of rotatable bonds is 7. The van der Waals surface area contributed by atoms with E-state index in [1.807, 2.05) is 72.9 Å². The Morgan fingerprint density at radius 3 is 2.73 bits per heavy atom. The van der Waals surface area contributed by atoms with Crippen LogP contribution >= 0.6 is 11.6 Å². The number of carbonyl (C=O) groups is 1. The van der Waals surface area contributed by atoms with Crippen LogP contribution in [0, 0.1) is 0 Å². The van der Waals surface area contributed by atoms with Crippen molar-refractivity contribution < 1.29 is 9.53 Å². The van der Waals surface area contributed by atoms with Crippen molar-refractivity contribution in [2.75, 3.05) is 0 Å². The third kappa shape index (κ3) is 5.07. The highest BCUT2D eigenvalue weighted by molar-refractivity contribution is 6.29. The second-order valence-electron chi connectivity index (χ2n) is 6.71. The molecule has 0 unspecified atom stereocenters. The molecule has 0 spiro atoms. The molecule has 150 valence electrons. The molecule has 6 heteroatoms. The van der Waals surface area contributed by atoms with Crippen LogP contribution in [-0.4, -0.2) is 15.3 Å². The van der Waals surface area contributed by atoms with Crippen molar-refractivity contribution in [3.8, 4) is 5.75 Å². The average molecular weight is 418 g/mol. The average Bonchev–Trinajstić information content (AvgIpc) is 3.20. The van der Waals surface area contributed by atoms with E-state index in [0.29, 0.717) is 18.3 Å². The second kappa shape index (κ2) is 9.29. The fourth-order valence-corrected chi connectivity index (χ4v) is 3.18. The summed E-state index contributed by atoms with van der Waals surface area (Å²) >= 11 is 6.13. The van der Waals surface area contributed by atoms with E-state index in [9.17, 15) is 4.79 Å². The van der Waals surface area contributed by atoms with Crippen LogP contribution in [0.15, 0.2) is 85.1 Å². The first-order valence-corrected chi connectivity index (χ1v) is 9.90. The Kier molecular flexibility index (Phi) is 6.11. The van der Waals surface area contributed by atoms with Crippen molar-refractivity contribution in [1.29, 1.82) is 0 Å². The minimum Gasteiger partial charge on any atom is -0.489 e. The van der Waals surface area contributed by atoms with E-state index in [1.54, 1.807) is 16.5 Å². The zero-order chi connectivity index (χ0) is 20.8. The van der Waals surface area contributed by atoms with Crippen molar-refractivity contribution in [3.05, 3.63) is 107 Å². The van der Waals surface area contributed by atoms with Gasteiger partial charge in [0.15, 0.2) is 0 Å². The van der Waals surface area contributed by atoms with Gasteiger partial charge >= 0.3 is 0 Å². The van der Waals surface area contributed by atoms with Gasteiger partial charge in [-0.2, -0.15) is 0 Å². The number of benzene rings is 2. The molecule has 30 heavy (non-hydrogen) atoms. The third-order valence-electron chi connectivity index (χ3n) is 4.47. The van der Waals surface area contributed by atoms with E-state index in [2.05, 4.69) is 10.3 Å². The molecule has 2 aromatic heterocycles. The third-order valence-corrected chi connectivity index (χ3v) is 4.78. The summed E-state index contributed by atoms with van der Waals surface area (Å²) in [5, 5.41) is 3.41. The summed E-state index contributed by atoms with van der Waals surface area (Å²) in [6.07, 6.45) is 5.07. The van der Waals surface area contributed by atoms with E-state index in [4.69, 9.17) is 16.3 Å². The molecule has 0 aliphatic rings. The number of fused-ring (bicyclic) bond motifs is 1. The molecule has 4 aromatic rings. The number of carbonyl (C=O) groups excluding carboxylic acids is 1. The number of hydrogen-bond donors (Lipinski definition) is 1. The molecule has 0 atom stereocenters. The van der Waals surface area contributed by atoms with Gasteiger partial charge in [-0.3, -0.25) is 9.20 Å². The molecule has 0 saturated heterocycles. The molecule has 5 nitrogen and oxygen atoms in total. The number of nitrogens with zero attached hydrogens (tertiary/aromatic N) is 2. The molecular weight excluding hydrogens is 398 g/mol. The summed E-state index contributed by atoms with van der Waals surface area (Å²) in [5.41, 5.74) is 3.47. The maximum absolute atomic E-state index is 12.2. The van der Waals surface area contributed by atoms with E-state index in [0.717, 1.165) is 28.2 Å². The van der Waals surface area contributed by atoms with Gasteiger partial charge < -0.3 is 10.1 Å². The maximum atomic E-state index is 12.2. The lowest BCUT2D eigenvalue weighted by Gasteiger charge is -2.07. The molecule has 0 fully saturated rings. The van der Waals surface area contributed by atoms with Crippen molar-refractivity contribution in [3.63, 3.8) is 0 Å². The molecule has 1 amide bonds. The molecule has 4 rings (SSSR count). The highest BCUT2D eigenvalue weighted by Gasteiger charge is 2.05. The first-order valence-electron chi connectivity index (χ1n) is 9.52. The predicted molar refractivity (Wildman–Crippen MR) is 118 cm³/mol. The quantitative estimate of drug-likeness (QED) is 0.344. The van der Waals surface area contributed by atoms with E-state index in [1.165, 1.54) is 6.08 Å². The number of imidazole rings is 1. The van der Waals surface area contributed by atoms with Gasteiger partial charge in [-0.25, -0.2) is 4.98 Å². The summed E-state index contributed by atoms with van der Waals surface area (Å²) in [6, 6.07) is 23.1. The van der Waals surface area contributed by atoms with E-state index in [-0.39, 0.29) is 5.91 Å². The Balaban J connectivity index is 1.32. The molecule has 0 bridgehead atoms. The minimum atomic E-state index is -0.200. The number of hydrogen-bond acceptors (Lipinski definition) is 3. The highest BCUT2D eigenvalue weighted by atomic mass is 35.5. The molecule has 0 aliphatic carbocycles. The maximum Gasteiger partial charge on any atom is 0.244 e. The van der Waals surface area contributed by atoms with Gasteiger partial charge in [-0.05, 0) is 41.5 Å². The Hall–Kier alpha value is -3.57. The first kappa shape index (κ1) is 19.7. The highest BCUT2D eigenvalue weighted by Crippen LogP contribution is 2.16. The van der Waals surface area contributed by atoms with Crippen LogP contribution in [-0.2, 0) is 17.9 Å². The second-order valence-corrected chi connectivity index (χ2v) is 7.09. The lowest BCUT2D eigenvalue weighted by Crippen LogP contribution is -2.20. The van der Waals surface area contributed by atoms with Crippen LogP contribution in [0.3, 0.4) is 0 Å². The predicted octanol–water partition coefficient (Wildman–Crippen LogP) is 4.90. The molecular formula is C24H20ClN3O2.